The van der Waals surface area contributed by atoms with E-state index in [2.05, 4.69) is 31.9 Å². The Labute approximate surface area is 100 Å². The van der Waals surface area contributed by atoms with Crippen LogP contribution in [0.2, 0.25) is 0 Å². The van der Waals surface area contributed by atoms with E-state index in [0.717, 1.165) is 14.6 Å². The predicted octanol–water partition coefficient (Wildman–Crippen LogP) is 4.33. The van der Waals surface area contributed by atoms with Crippen molar-refractivity contribution in [1.82, 2.24) is 0 Å². The van der Waals surface area contributed by atoms with Gasteiger partial charge < -0.3 is 0 Å². The van der Waals surface area contributed by atoms with Crippen molar-refractivity contribution in [1.29, 1.82) is 0 Å². The van der Waals surface area contributed by atoms with Gasteiger partial charge in [0, 0.05) is 26.0 Å². The van der Waals surface area contributed by atoms with Crippen LogP contribution in [0.1, 0.15) is 0 Å². The Morgan fingerprint density at radius 3 is 2.64 bits per heavy atom. The molecule has 72 valence electrons. The molecule has 0 radical (unpaired) electrons. The Morgan fingerprint density at radius 1 is 1.29 bits per heavy atom. The summed E-state index contributed by atoms with van der Waals surface area (Å²) in [4.78, 5) is 10.3. The molecule has 0 unspecified atom stereocenters. The first kappa shape index (κ1) is 10.1. The Balaban J connectivity index is 2.80. The lowest BCUT2D eigenvalue weighted by Crippen LogP contribution is -1.88. The average Bonchev–Trinajstić information content (AvgIpc) is 2.46. The summed E-state index contributed by atoms with van der Waals surface area (Å²) in [6.07, 6.45) is 0. The molecule has 0 aliphatic heterocycles. The lowest BCUT2D eigenvalue weighted by Gasteiger charge is -1.96. The van der Waals surface area contributed by atoms with Gasteiger partial charge in [-0.25, -0.2) is 0 Å². The van der Waals surface area contributed by atoms with E-state index in [-0.39, 0.29) is 5.69 Å². The van der Waals surface area contributed by atoms with Crippen molar-refractivity contribution >= 4 is 59.0 Å². The number of hydrogen-bond acceptors (Lipinski definition) is 3. The maximum atomic E-state index is 10.7. The molecule has 3 nitrogen and oxygen atoms in total. The van der Waals surface area contributed by atoms with E-state index < -0.39 is 4.92 Å². The zero-order valence-electron chi connectivity index (χ0n) is 6.66. The molecule has 1 aromatic carbocycles. The van der Waals surface area contributed by atoms with Gasteiger partial charge in [-0.1, -0.05) is 0 Å². The SMILES string of the molecule is O=[N+]([O-])c1cc2c(Br)csc2cc1Br. The fourth-order valence-electron chi connectivity index (χ4n) is 1.15. The first-order valence-corrected chi connectivity index (χ1v) is 6.07. The first-order chi connectivity index (χ1) is 6.59. The lowest BCUT2D eigenvalue weighted by molar-refractivity contribution is -0.385. The summed E-state index contributed by atoms with van der Waals surface area (Å²) in [5.41, 5.74) is 0.0941. The van der Waals surface area contributed by atoms with Crippen molar-refractivity contribution in [3.8, 4) is 0 Å². The summed E-state index contributed by atoms with van der Waals surface area (Å²) in [6.45, 7) is 0. The Bertz CT molecular complexity index is 523. The van der Waals surface area contributed by atoms with Crippen molar-refractivity contribution in [3.63, 3.8) is 0 Å². The summed E-state index contributed by atoms with van der Waals surface area (Å²) in [5.74, 6) is 0. The number of hydrogen-bond donors (Lipinski definition) is 0. The topological polar surface area (TPSA) is 43.1 Å². The number of rotatable bonds is 1. The van der Waals surface area contributed by atoms with Crippen LogP contribution in [-0.4, -0.2) is 4.92 Å². The van der Waals surface area contributed by atoms with Gasteiger partial charge in [-0.05, 0) is 37.9 Å². The highest BCUT2D eigenvalue weighted by Crippen LogP contribution is 2.37. The molecule has 14 heavy (non-hydrogen) atoms. The summed E-state index contributed by atoms with van der Waals surface area (Å²) >= 11 is 8.07. The molecular weight excluding hydrogens is 334 g/mol. The Hall–Kier alpha value is -0.460. The van der Waals surface area contributed by atoms with E-state index in [0.29, 0.717) is 4.47 Å². The lowest BCUT2D eigenvalue weighted by atomic mass is 10.2. The number of fused-ring (bicyclic) bond motifs is 1. The highest BCUT2D eigenvalue weighted by molar-refractivity contribution is 9.11. The van der Waals surface area contributed by atoms with Gasteiger partial charge in [0.15, 0.2) is 0 Å². The monoisotopic (exact) mass is 335 g/mol. The van der Waals surface area contributed by atoms with E-state index in [1.165, 1.54) is 0 Å². The van der Waals surface area contributed by atoms with Gasteiger partial charge in [0.1, 0.15) is 0 Å². The minimum atomic E-state index is -0.395. The van der Waals surface area contributed by atoms with Gasteiger partial charge in [0.25, 0.3) is 5.69 Å². The highest BCUT2D eigenvalue weighted by atomic mass is 79.9. The highest BCUT2D eigenvalue weighted by Gasteiger charge is 2.14. The Kier molecular flexibility index (Phi) is 2.59. The van der Waals surface area contributed by atoms with Crippen LogP contribution in [0.5, 0.6) is 0 Å². The van der Waals surface area contributed by atoms with Gasteiger partial charge in [-0.3, -0.25) is 10.1 Å². The molecule has 0 fully saturated rings. The molecule has 0 atom stereocenters. The maximum Gasteiger partial charge on any atom is 0.284 e. The van der Waals surface area contributed by atoms with Crippen molar-refractivity contribution in [2.24, 2.45) is 0 Å². The van der Waals surface area contributed by atoms with Crippen LogP contribution in [0.4, 0.5) is 5.69 Å². The fourth-order valence-corrected chi connectivity index (χ4v) is 3.36. The largest absolute Gasteiger partial charge is 0.284 e. The van der Waals surface area contributed by atoms with Crippen LogP contribution in [0.3, 0.4) is 0 Å². The average molecular weight is 337 g/mol. The number of halogens is 2. The molecule has 0 spiro atoms. The minimum absolute atomic E-state index is 0.0941. The van der Waals surface area contributed by atoms with Gasteiger partial charge in [-0.15, -0.1) is 11.3 Å². The molecule has 0 N–H and O–H groups in total. The number of nitrogens with zero attached hydrogens (tertiary/aromatic N) is 1. The van der Waals surface area contributed by atoms with Gasteiger partial charge in [-0.2, -0.15) is 0 Å². The zero-order valence-corrected chi connectivity index (χ0v) is 10.6. The first-order valence-electron chi connectivity index (χ1n) is 3.60. The quantitative estimate of drug-likeness (QED) is 0.574. The summed E-state index contributed by atoms with van der Waals surface area (Å²) < 4.78 is 2.44. The van der Waals surface area contributed by atoms with E-state index in [1.54, 1.807) is 23.5 Å². The third-order valence-corrected chi connectivity index (χ3v) is 4.33. The Morgan fingerprint density at radius 2 is 2.00 bits per heavy atom. The summed E-state index contributed by atoms with van der Waals surface area (Å²) in [7, 11) is 0. The molecule has 0 aliphatic rings. The molecule has 6 heteroatoms. The fraction of sp³-hybridized carbons (Fsp3) is 0. The number of nitro groups is 1. The van der Waals surface area contributed by atoms with E-state index in [9.17, 15) is 10.1 Å². The predicted molar refractivity (Wildman–Crippen MR) is 63.9 cm³/mol. The molecule has 1 aromatic heterocycles. The second-order valence-corrected chi connectivity index (χ2v) is 5.26. The molecule has 0 bridgehead atoms. The van der Waals surface area contributed by atoms with Crippen LogP contribution in [0.15, 0.2) is 26.5 Å². The third kappa shape index (κ3) is 1.57. The van der Waals surface area contributed by atoms with Crippen LogP contribution >= 0.6 is 43.2 Å². The minimum Gasteiger partial charge on any atom is -0.258 e. The molecule has 0 amide bonds. The van der Waals surface area contributed by atoms with Gasteiger partial charge >= 0.3 is 0 Å². The molecule has 1 heterocycles. The van der Waals surface area contributed by atoms with Crippen molar-refractivity contribution in [3.05, 3.63) is 36.6 Å². The van der Waals surface area contributed by atoms with Gasteiger partial charge in [0.05, 0.1) is 9.40 Å². The van der Waals surface area contributed by atoms with Crippen LogP contribution in [-0.2, 0) is 0 Å². The summed E-state index contributed by atoms with van der Waals surface area (Å²) in [6, 6.07) is 3.34. The number of nitro benzene ring substituents is 1. The normalized spacial score (nSPS) is 10.7. The van der Waals surface area contributed by atoms with Crippen LogP contribution in [0.25, 0.3) is 10.1 Å². The van der Waals surface area contributed by atoms with Crippen molar-refractivity contribution in [2.75, 3.05) is 0 Å². The summed E-state index contributed by atoms with van der Waals surface area (Å²) in [5, 5.41) is 13.5. The van der Waals surface area contributed by atoms with E-state index >= 15 is 0 Å². The zero-order chi connectivity index (χ0) is 10.3. The molecule has 0 saturated heterocycles. The molecule has 0 saturated carbocycles. The second kappa shape index (κ2) is 3.60. The number of benzene rings is 1. The standard InChI is InChI=1S/C8H3Br2NO2S/c9-5-2-8-4(6(10)3-14-8)1-7(5)11(12)13/h1-3H. The van der Waals surface area contributed by atoms with Crippen LogP contribution < -0.4 is 0 Å². The van der Waals surface area contributed by atoms with Gasteiger partial charge in [0.2, 0.25) is 0 Å². The number of thiophene rings is 1. The van der Waals surface area contributed by atoms with Crippen molar-refractivity contribution < 1.29 is 4.92 Å². The second-order valence-electron chi connectivity index (χ2n) is 2.64. The molecular formula is C8H3Br2NO2S. The third-order valence-electron chi connectivity index (χ3n) is 1.79. The van der Waals surface area contributed by atoms with Crippen molar-refractivity contribution in [2.45, 2.75) is 0 Å². The molecule has 2 rings (SSSR count). The maximum absolute atomic E-state index is 10.7. The van der Waals surface area contributed by atoms with E-state index in [1.807, 2.05) is 5.38 Å². The molecule has 0 aliphatic carbocycles. The van der Waals surface area contributed by atoms with Crippen LogP contribution in [0, 0.1) is 10.1 Å². The smallest absolute Gasteiger partial charge is 0.258 e. The molecule has 2 aromatic rings. The van der Waals surface area contributed by atoms with E-state index in [4.69, 9.17) is 0 Å².